The molecule has 0 amide bonds. The van der Waals surface area contributed by atoms with Crippen molar-refractivity contribution in [2.45, 2.75) is 26.2 Å². The summed E-state index contributed by atoms with van der Waals surface area (Å²) in [6, 6.07) is 0. The quantitative estimate of drug-likeness (QED) is 0.789. The van der Waals surface area contributed by atoms with Crippen LogP contribution in [0.25, 0.3) is 0 Å². The molecule has 1 atom stereocenters. The van der Waals surface area contributed by atoms with Gasteiger partial charge in [0.25, 0.3) is 0 Å². The summed E-state index contributed by atoms with van der Waals surface area (Å²) in [6.07, 6.45) is 6.36. The third-order valence-corrected chi connectivity index (χ3v) is 2.92. The third-order valence-electron chi connectivity index (χ3n) is 2.92. The van der Waals surface area contributed by atoms with Gasteiger partial charge >= 0.3 is 0 Å². The zero-order valence-corrected chi connectivity index (χ0v) is 9.07. The summed E-state index contributed by atoms with van der Waals surface area (Å²) < 4.78 is 1.71. The number of piperidine rings is 1. The Hall–Kier alpha value is -1.16. The number of rotatable bonds is 2. The van der Waals surface area contributed by atoms with Gasteiger partial charge in [-0.05, 0) is 19.4 Å². The van der Waals surface area contributed by atoms with Gasteiger partial charge in [0, 0.05) is 25.4 Å². The van der Waals surface area contributed by atoms with Gasteiger partial charge in [-0.1, -0.05) is 6.92 Å². The average molecular weight is 207 g/mol. The van der Waals surface area contributed by atoms with Crippen LogP contribution < -0.4 is 5.32 Å². The number of aromatic nitrogens is 2. The molecule has 0 spiro atoms. The van der Waals surface area contributed by atoms with E-state index in [0.29, 0.717) is 0 Å². The predicted molar refractivity (Wildman–Crippen MR) is 57.8 cm³/mol. The lowest BCUT2D eigenvalue weighted by molar-refractivity contribution is 0.0809. The number of carbonyl (C=O) groups is 1. The number of aryl methyl sites for hydroxylation is 1. The Morgan fingerprint density at radius 2 is 2.60 bits per heavy atom. The Morgan fingerprint density at radius 1 is 1.73 bits per heavy atom. The van der Waals surface area contributed by atoms with Crippen LogP contribution in [0.4, 0.5) is 0 Å². The van der Waals surface area contributed by atoms with Crippen LogP contribution in [0.5, 0.6) is 0 Å². The number of nitrogens with zero attached hydrogens (tertiary/aromatic N) is 2. The molecule has 0 radical (unpaired) electrons. The number of hydrogen-bond acceptors (Lipinski definition) is 3. The Bertz CT molecular complexity index is 339. The van der Waals surface area contributed by atoms with Gasteiger partial charge in [0.1, 0.15) is 5.82 Å². The second-order valence-electron chi connectivity index (χ2n) is 3.95. The summed E-state index contributed by atoms with van der Waals surface area (Å²) in [6.45, 7) is 3.86. The van der Waals surface area contributed by atoms with Crippen molar-refractivity contribution in [3.8, 4) is 0 Å². The van der Waals surface area contributed by atoms with Crippen molar-refractivity contribution in [1.82, 2.24) is 14.9 Å². The molecular formula is C11H17N3O. The Morgan fingerprint density at radius 3 is 3.27 bits per heavy atom. The van der Waals surface area contributed by atoms with Gasteiger partial charge in [-0.25, -0.2) is 4.98 Å². The number of nitrogens with one attached hydrogen (secondary N) is 1. The van der Waals surface area contributed by atoms with Crippen LogP contribution in [0.3, 0.4) is 0 Å². The highest BCUT2D eigenvalue weighted by Gasteiger charge is 2.23. The van der Waals surface area contributed by atoms with Gasteiger partial charge in [0.15, 0.2) is 0 Å². The molecule has 0 aliphatic carbocycles. The minimum atomic E-state index is 0.123. The molecule has 1 aliphatic rings. The normalized spacial score (nSPS) is 21.5. The fraction of sp³-hybridized carbons (Fsp3) is 0.636. The lowest BCUT2D eigenvalue weighted by atomic mass is 9.99. The Balaban J connectivity index is 2.12. The molecule has 1 aliphatic heterocycles. The second kappa shape index (κ2) is 4.57. The summed E-state index contributed by atoms with van der Waals surface area (Å²) >= 11 is 0. The fourth-order valence-corrected chi connectivity index (χ4v) is 2.06. The van der Waals surface area contributed by atoms with Crippen molar-refractivity contribution in [2.24, 2.45) is 5.92 Å². The molecule has 15 heavy (non-hydrogen) atoms. The van der Waals surface area contributed by atoms with E-state index in [1.807, 2.05) is 6.92 Å². The largest absolute Gasteiger partial charge is 0.316 e. The molecule has 1 aromatic rings. The second-order valence-corrected chi connectivity index (χ2v) is 3.95. The summed E-state index contributed by atoms with van der Waals surface area (Å²) in [7, 11) is 0. The topological polar surface area (TPSA) is 46.9 Å². The molecule has 1 saturated heterocycles. The van der Waals surface area contributed by atoms with Crippen LogP contribution in [0.2, 0.25) is 0 Å². The molecule has 4 nitrogen and oxygen atoms in total. The van der Waals surface area contributed by atoms with Gasteiger partial charge in [-0.3, -0.25) is 9.36 Å². The molecule has 4 heteroatoms. The first-order valence-corrected chi connectivity index (χ1v) is 5.60. The fourth-order valence-electron chi connectivity index (χ4n) is 2.06. The molecule has 0 aromatic carbocycles. The number of imidazole rings is 1. The van der Waals surface area contributed by atoms with E-state index in [2.05, 4.69) is 10.3 Å². The van der Waals surface area contributed by atoms with E-state index < -0.39 is 0 Å². The first-order valence-electron chi connectivity index (χ1n) is 5.60. The van der Waals surface area contributed by atoms with Crippen LogP contribution in [-0.4, -0.2) is 28.5 Å². The molecule has 1 aromatic heterocycles. The van der Waals surface area contributed by atoms with E-state index in [1.54, 1.807) is 17.0 Å². The van der Waals surface area contributed by atoms with Crippen molar-refractivity contribution in [3.63, 3.8) is 0 Å². The molecule has 2 rings (SSSR count). The molecule has 1 unspecified atom stereocenters. The van der Waals surface area contributed by atoms with Crippen molar-refractivity contribution in [1.29, 1.82) is 0 Å². The van der Waals surface area contributed by atoms with Crippen LogP contribution in [0.15, 0.2) is 12.4 Å². The maximum absolute atomic E-state index is 12.1. The SMILES string of the molecule is CCc1nccn1C(=O)C1CCCNC1. The number of carbonyl (C=O) groups excluding carboxylic acids is 1. The smallest absolute Gasteiger partial charge is 0.236 e. The van der Waals surface area contributed by atoms with Gasteiger partial charge in [0.2, 0.25) is 5.91 Å². The third kappa shape index (κ3) is 2.09. The first-order chi connectivity index (χ1) is 7.33. The van der Waals surface area contributed by atoms with Gasteiger partial charge < -0.3 is 5.32 Å². The zero-order chi connectivity index (χ0) is 10.7. The highest BCUT2D eigenvalue weighted by Crippen LogP contribution is 2.13. The van der Waals surface area contributed by atoms with Crippen LogP contribution in [0, 0.1) is 5.92 Å². The van der Waals surface area contributed by atoms with Crippen LogP contribution in [-0.2, 0) is 6.42 Å². The van der Waals surface area contributed by atoms with E-state index in [-0.39, 0.29) is 11.8 Å². The van der Waals surface area contributed by atoms with E-state index in [1.165, 1.54) is 0 Å². The number of hydrogen-bond donors (Lipinski definition) is 1. The predicted octanol–water partition coefficient (Wildman–Crippen LogP) is 1.09. The lowest BCUT2D eigenvalue weighted by Crippen LogP contribution is -2.37. The summed E-state index contributed by atoms with van der Waals surface area (Å²) in [5.74, 6) is 1.18. The minimum absolute atomic E-state index is 0.123. The van der Waals surface area contributed by atoms with E-state index in [4.69, 9.17) is 0 Å². The summed E-state index contributed by atoms with van der Waals surface area (Å²) in [4.78, 5) is 16.3. The van der Waals surface area contributed by atoms with Gasteiger partial charge in [0.05, 0.1) is 5.92 Å². The van der Waals surface area contributed by atoms with E-state index in [9.17, 15) is 4.79 Å². The maximum atomic E-state index is 12.1. The molecule has 1 N–H and O–H groups in total. The van der Waals surface area contributed by atoms with Crippen LogP contribution >= 0.6 is 0 Å². The molecule has 1 fully saturated rings. The molecule has 0 bridgehead atoms. The van der Waals surface area contributed by atoms with Gasteiger partial charge in [-0.15, -0.1) is 0 Å². The van der Waals surface area contributed by atoms with Crippen molar-refractivity contribution < 1.29 is 4.79 Å². The molecule has 82 valence electrons. The molecule has 2 heterocycles. The zero-order valence-electron chi connectivity index (χ0n) is 9.07. The first kappa shape index (κ1) is 10.4. The molecule has 0 saturated carbocycles. The lowest BCUT2D eigenvalue weighted by Gasteiger charge is -2.22. The summed E-state index contributed by atoms with van der Waals surface area (Å²) in [5, 5.41) is 3.26. The van der Waals surface area contributed by atoms with Crippen LogP contribution in [0.1, 0.15) is 30.4 Å². The molecular weight excluding hydrogens is 190 g/mol. The highest BCUT2D eigenvalue weighted by molar-refractivity contribution is 5.82. The van der Waals surface area contributed by atoms with Crippen molar-refractivity contribution >= 4 is 5.91 Å². The highest BCUT2D eigenvalue weighted by atomic mass is 16.2. The maximum Gasteiger partial charge on any atom is 0.236 e. The van der Waals surface area contributed by atoms with Crippen molar-refractivity contribution in [2.75, 3.05) is 13.1 Å². The monoisotopic (exact) mass is 207 g/mol. The Labute approximate surface area is 89.7 Å². The Kier molecular flexibility index (Phi) is 3.16. The van der Waals surface area contributed by atoms with Crippen molar-refractivity contribution in [3.05, 3.63) is 18.2 Å². The standard InChI is InChI=1S/C11H17N3O/c1-2-10-13-6-7-14(10)11(15)9-4-3-5-12-8-9/h6-7,9,12H,2-5,8H2,1H3. The van der Waals surface area contributed by atoms with E-state index >= 15 is 0 Å². The summed E-state index contributed by atoms with van der Waals surface area (Å²) in [5.41, 5.74) is 0. The van der Waals surface area contributed by atoms with E-state index in [0.717, 1.165) is 38.2 Å². The van der Waals surface area contributed by atoms with Gasteiger partial charge in [-0.2, -0.15) is 0 Å². The average Bonchev–Trinajstić information content (AvgIpc) is 2.77. The minimum Gasteiger partial charge on any atom is -0.316 e.